The summed E-state index contributed by atoms with van der Waals surface area (Å²) in [6.07, 6.45) is 0.547. The molecule has 3 aromatic rings. The smallest absolute Gasteiger partial charge is 0.251 e. The van der Waals surface area contributed by atoms with E-state index in [2.05, 4.69) is 43.1 Å². The van der Waals surface area contributed by atoms with Gasteiger partial charge < -0.3 is 14.8 Å². The molecule has 0 saturated carbocycles. The zero-order chi connectivity index (χ0) is 28.9. The van der Waals surface area contributed by atoms with Crippen molar-refractivity contribution >= 4 is 15.9 Å². The summed E-state index contributed by atoms with van der Waals surface area (Å²) < 4.78 is 38.2. The van der Waals surface area contributed by atoms with Crippen LogP contribution in [0.4, 0.5) is 0 Å². The number of ether oxygens (including phenoxy) is 2. The van der Waals surface area contributed by atoms with Crippen LogP contribution in [0.25, 0.3) is 0 Å². The molecule has 0 radical (unpaired) electrons. The first kappa shape index (κ1) is 29.6. The molecule has 1 N–H and O–H groups in total. The number of hydrogen-bond donors (Lipinski definition) is 1. The van der Waals surface area contributed by atoms with Gasteiger partial charge in [-0.2, -0.15) is 4.31 Å². The van der Waals surface area contributed by atoms with Crippen LogP contribution in [-0.4, -0.2) is 62.9 Å². The number of sulfonamides is 1. The fraction of sp³-hybridized carbons (Fsp3) is 0.387. The van der Waals surface area contributed by atoms with E-state index in [-0.39, 0.29) is 22.9 Å². The van der Waals surface area contributed by atoms with E-state index >= 15 is 0 Å². The summed E-state index contributed by atoms with van der Waals surface area (Å²) >= 11 is 0. The van der Waals surface area contributed by atoms with Gasteiger partial charge in [0, 0.05) is 43.8 Å². The molecule has 9 heteroatoms. The third kappa shape index (κ3) is 7.02. The summed E-state index contributed by atoms with van der Waals surface area (Å²) in [4.78, 5) is 15.6. The zero-order valence-electron chi connectivity index (χ0n) is 23.9. The van der Waals surface area contributed by atoms with Crippen molar-refractivity contribution in [2.24, 2.45) is 0 Å². The van der Waals surface area contributed by atoms with Gasteiger partial charge in [-0.25, -0.2) is 8.42 Å². The van der Waals surface area contributed by atoms with Gasteiger partial charge in [-0.1, -0.05) is 18.2 Å². The quantitative estimate of drug-likeness (QED) is 0.390. The van der Waals surface area contributed by atoms with Gasteiger partial charge in [0.1, 0.15) is 11.5 Å². The van der Waals surface area contributed by atoms with E-state index in [0.29, 0.717) is 37.4 Å². The van der Waals surface area contributed by atoms with Crippen LogP contribution in [0.1, 0.15) is 47.8 Å². The van der Waals surface area contributed by atoms with Crippen molar-refractivity contribution in [3.05, 3.63) is 89.0 Å². The number of carbonyl (C=O) groups excluding carboxylic acids is 1. The van der Waals surface area contributed by atoms with Crippen LogP contribution in [0.5, 0.6) is 11.5 Å². The molecule has 0 atom stereocenters. The molecule has 8 nitrogen and oxygen atoms in total. The van der Waals surface area contributed by atoms with Crippen LogP contribution in [0.3, 0.4) is 0 Å². The molecule has 3 aromatic carbocycles. The third-order valence-corrected chi connectivity index (χ3v) is 9.15. The Kier molecular flexibility index (Phi) is 9.18. The van der Waals surface area contributed by atoms with E-state index in [1.165, 1.54) is 9.87 Å². The molecule has 0 fully saturated rings. The largest absolute Gasteiger partial charge is 0.497 e. The predicted molar refractivity (Wildman–Crippen MR) is 156 cm³/mol. The van der Waals surface area contributed by atoms with Crippen molar-refractivity contribution < 1.29 is 22.7 Å². The highest BCUT2D eigenvalue weighted by Crippen LogP contribution is 2.27. The maximum Gasteiger partial charge on any atom is 0.251 e. The second kappa shape index (κ2) is 12.4. The molecule has 1 amide bonds. The van der Waals surface area contributed by atoms with Crippen LogP contribution in [0.2, 0.25) is 0 Å². The lowest BCUT2D eigenvalue weighted by atomic mass is 9.98. The highest BCUT2D eigenvalue weighted by atomic mass is 32.2. The van der Waals surface area contributed by atoms with E-state index in [0.717, 1.165) is 23.4 Å². The first-order valence-electron chi connectivity index (χ1n) is 13.4. The second-order valence-corrected chi connectivity index (χ2v) is 12.9. The minimum atomic E-state index is -3.63. The van der Waals surface area contributed by atoms with Gasteiger partial charge >= 0.3 is 0 Å². The molecule has 0 aromatic heterocycles. The van der Waals surface area contributed by atoms with E-state index in [4.69, 9.17) is 9.47 Å². The lowest BCUT2D eigenvalue weighted by molar-refractivity contribution is 0.0921. The van der Waals surface area contributed by atoms with E-state index in [1.807, 2.05) is 24.3 Å². The summed E-state index contributed by atoms with van der Waals surface area (Å²) in [7, 11) is -0.424. The summed E-state index contributed by atoms with van der Waals surface area (Å²) in [6.45, 7) is 9.11. The lowest BCUT2D eigenvalue weighted by Gasteiger charge is -2.36. The molecule has 0 unspecified atom stereocenters. The van der Waals surface area contributed by atoms with Crippen LogP contribution >= 0.6 is 0 Å². The number of benzene rings is 3. The van der Waals surface area contributed by atoms with Gasteiger partial charge in [-0.05, 0) is 92.4 Å². The lowest BCUT2D eigenvalue weighted by Crippen LogP contribution is -2.45. The predicted octanol–water partition coefficient (Wildman–Crippen LogP) is 4.48. The van der Waals surface area contributed by atoms with Gasteiger partial charge in [0.15, 0.2) is 0 Å². The van der Waals surface area contributed by atoms with E-state index < -0.39 is 10.0 Å². The molecule has 0 bridgehead atoms. The van der Waals surface area contributed by atoms with Gasteiger partial charge in [-0.3, -0.25) is 9.69 Å². The molecule has 1 heterocycles. The van der Waals surface area contributed by atoms with Crippen molar-refractivity contribution in [1.82, 2.24) is 14.5 Å². The molecular formula is C31H39N3O5S. The van der Waals surface area contributed by atoms with Gasteiger partial charge in [0.2, 0.25) is 10.0 Å². The highest BCUT2D eigenvalue weighted by molar-refractivity contribution is 7.89. The summed E-state index contributed by atoms with van der Waals surface area (Å²) in [5.41, 5.74) is 3.61. The Labute approximate surface area is 238 Å². The maximum atomic E-state index is 13.2. The summed E-state index contributed by atoms with van der Waals surface area (Å²) in [5, 5.41) is 3.06. The molecule has 0 aliphatic carbocycles. The Hall–Kier alpha value is -3.40. The normalized spacial score (nSPS) is 14.1. The average Bonchev–Trinajstić information content (AvgIpc) is 2.95. The van der Waals surface area contributed by atoms with Crippen molar-refractivity contribution in [3.63, 3.8) is 0 Å². The van der Waals surface area contributed by atoms with Crippen LogP contribution < -0.4 is 14.8 Å². The van der Waals surface area contributed by atoms with Crippen LogP contribution in [-0.2, 0) is 29.5 Å². The summed E-state index contributed by atoms with van der Waals surface area (Å²) in [5.74, 6) is 1.31. The highest BCUT2D eigenvalue weighted by Gasteiger charge is 2.29. The molecule has 1 aliphatic rings. The topological polar surface area (TPSA) is 88.2 Å². The van der Waals surface area contributed by atoms with Gasteiger partial charge in [0.25, 0.3) is 5.91 Å². The van der Waals surface area contributed by atoms with Gasteiger partial charge in [0.05, 0.1) is 19.1 Å². The minimum Gasteiger partial charge on any atom is -0.497 e. The van der Waals surface area contributed by atoms with Crippen molar-refractivity contribution in [2.45, 2.75) is 50.7 Å². The number of amides is 1. The SMILES string of the molecule is COc1ccc(CN(CCNC(=O)c2ccc3c(c2)CCN(S(=O)(=O)c2ccc(OC)cc2)C3)C(C)(C)C)cc1. The third-order valence-electron chi connectivity index (χ3n) is 7.29. The molecule has 40 heavy (non-hydrogen) atoms. The zero-order valence-corrected chi connectivity index (χ0v) is 24.8. The van der Waals surface area contributed by atoms with Crippen LogP contribution in [0, 0.1) is 0 Å². The first-order valence-corrected chi connectivity index (χ1v) is 14.9. The Bertz CT molecular complexity index is 1410. The monoisotopic (exact) mass is 565 g/mol. The molecule has 4 rings (SSSR count). The Morgan fingerprint density at radius 1 is 0.925 bits per heavy atom. The average molecular weight is 566 g/mol. The molecule has 0 saturated heterocycles. The fourth-order valence-electron chi connectivity index (χ4n) is 4.78. The minimum absolute atomic E-state index is 0.0749. The number of carbonyl (C=O) groups is 1. The van der Waals surface area contributed by atoms with Crippen LogP contribution in [0.15, 0.2) is 71.6 Å². The summed E-state index contributed by atoms with van der Waals surface area (Å²) in [6, 6.07) is 20.0. The number of hydrogen-bond acceptors (Lipinski definition) is 6. The van der Waals surface area contributed by atoms with E-state index in [9.17, 15) is 13.2 Å². The van der Waals surface area contributed by atoms with E-state index in [1.54, 1.807) is 44.6 Å². The number of rotatable bonds is 10. The van der Waals surface area contributed by atoms with Crippen molar-refractivity contribution in [2.75, 3.05) is 33.9 Å². The number of methoxy groups -OCH3 is 2. The Balaban J connectivity index is 1.36. The van der Waals surface area contributed by atoms with Crippen molar-refractivity contribution in [1.29, 1.82) is 0 Å². The molecule has 1 aliphatic heterocycles. The molecular weight excluding hydrogens is 526 g/mol. The Morgan fingerprint density at radius 2 is 1.55 bits per heavy atom. The number of nitrogens with one attached hydrogen (secondary N) is 1. The number of fused-ring (bicyclic) bond motifs is 1. The second-order valence-electron chi connectivity index (χ2n) is 10.9. The Morgan fingerprint density at radius 3 is 2.15 bits per heavy atom. The maximum absolute atomic E-state index is 13.2. The molecule has 214 valence electrons. The first-order chi connectivity index (χ1) is 19.0. The van der Waals surface area contributed by atoms with Crippen molar-refractivity contribution in [3.8, 4) is 11.5 Å². The standard InChI is InChI=1S/C31H39N3O5S/c1-31(2,3)33(21-23-6-10-27(38-4)11-7-23)19-17-32-30(35)25-8-9-26-22-34(18-16-24(26)20-25)40(36,37)29-14-12-28(39-5)13-15-29/h6-15,20H,16-19,21-22H2,1-5H3,(H,32,35). The fourth-order valence-corrected chi connectivity index (χ4v) is 6.20. The molecule has 0 spiro atoms. The number of nitrogens with zero attached hydrogens (tertiary/aromatic N) is 2. The van der Waals surface area contributed by atoms with Gasteiger partial charge in [-0.15, -0.1) is 0 Å².